The van der Waals surface area contributed by atoms with Gasteiger partial charge in [0, 0.05) is 19.7 Å². The summed E-state index contributed by atoms with van der Waals surface area (Å²) in [7, 11) is 1.77. The normalized spacial score (nSPS) is 24.8. The Morgan fingerprint density at radius 3 is 2.93 bits per heavy atom. The molecule has 0 fully saturated rings. The number of rotatable bonds is 2. The fourth-order valence-corrected chi connectivity index (χ4v) is 1.45. The van der Waals surface area contributed by atoms with Crippen LogP contribution < -0.4 is 0 Å². The highest BCUT2D eigenvalue weighted by Crippen LogP contribution is 2.26. The number of aliphatic carboxylic acids is 1. The van der Waals surface area contributed by atoms with Gasteiger partial charge in [0.2, 0.25) is 5.60 Å². The van der Waals surface area contributed by atoms with E-state index in [0.29, 0.717) is 5.71 Å². The van der Waals surface area contributed by atoms with Crippen molar-refractivity contribution in [2.75, 3.05) is 0 Å². The zero-order valence-electron chi connectivity index (χ0n) is 8.47. The van der Waals surface area contributed by atoms with Gasteiger partial charge in [0.25, 0.3) is 0 Å². The van der Waals surface area contributed by atoms with Crippen molar-refractivity contribution < 1.29 is 14.7 Å². The van der Waals surface area contributed by atoms with Crippen LogP contribution in [0.25, 0.3) is 0 Å². The molecule has 0 aliphatic carbocycles. The SMILES string of the molecule is Cn1nccc1C1=NOC(C)(C(=O)O)C1. The van der Waals surface area contributed by atoms with E-state index < -0.39 is 11.6 Å². The van der Waals surface area contributed by atoms with E-state index in [4.69, 9.17) is 9.94 Å². The molecule has 0 saturated heterocycles. The summed E-state index contributed by atoms with van der Waals surface area (Å²) < 4.78 is 1.63. The fourth-order valence-electron chi connectivity index (χ4n) is 1.45. The van der Waals surface area contributed by atoms with Crippen molar-refractivity contribution in [2.24, 2.45) is 12.2 Å². The van der Waals surface area contributed by atoms with Gasteiger partial charge >= 0.3 is 5.97 Å². The first kappa shape index (κ1) is 9.70. The van der Waals surface area contributed by atoms with E-state index >= 15 is 0 Å². The average Bonchev–Trinajstić information content (AvgIpc) is 2.73. The smallest absolute Gasteiger partial charge is 0.351 e. The Balaban J connectivity index is 2.24. The lowest BCUT2D eigenvalue weighted by atomic mass is 9.99. The van der Waals surface area contributed by atoms with Crippen LogP contribution in [0.4, 0.5) is 0 Å². The van der Waals surface area contributed by atoms with Crippen LogP contribution in [0.15, 0.2) is 17.4 Å². The summed E-state index contributed by atoms with van der Waals surface area (Å²) in [5.74, 6) is -1.01. The maximum absolute atomic E-state index is 10.9. The van der Waals surface area contributed by atoms with E-state index in [0.717, 1.165) is 5.69 Å². The largest absolute Gasteiger partial charge is 0.478 e. The van der Waals surface area contributed by atoms with Gasteiger partial charge in [-0.05, 0) is 13.0 Å². The second-order valence-electron chi connectivity index (χ2n) is 3.68. The van der Waals surface area contributed by atoms with Crippen molar-refractivity contribution in [3.05, 3.63) is 18.0 Å². The van der Waals surface area contributed by atoms with Crippen LogP contribution in [0.3, 0.4) is 0 Å². The molecule has 2 rings (SSSR count). The Morgan fingerprint density at radius 1 is 1.73 bits per heavy atom. The van der Waals surface area contributed by atoms with E-state index in [9.17, 15) is 4.79 Å². The number of aryl methyl sites for hydroxylation is 1. The highest BCUT2D eigenvalue weighted by molar-refractivity contribution is 6.03. The minimum Gasteiger partial charge on any atom is -0.478 e. The van der Waals surface area contributed by atoms with Gasteiger partial charge in [-0.15, -0.1) is 0 Å². The second-order valence-corrected chi connectivity index (χ2v) is 3.68. The predicted molar refractivity (Wildman–Crippen MR) is 51.5 cm³/mol. The molecule has 0 saturated carbocycles. The Hall–Kier alpha value is -1.85. The van der Waals surface area contributed by atoms with Crippen molar-refractivity contribution >= 4 is 11.7 Å². The molecule has 0 bridgehead atoms. The molecule has 2 heterocycles. The Labute approximate surface area is 86.1 Å². The molecule has 1 atom stereocenters. The van der Waals surface area contributed by atoms with E-state index in [2.05, 4.69) is 10.3 Å². The number of carboxylic acids is 1. The molecular weight excluding hydrogens is 198 g/mol. The van der Waals surface area contributed by atoms with E-state index in [1.54, 1.807) is 24.0 Å². The quantitative estimate of drug-likeness (QED) is 0.764. The molecule has 6 heteroatoms. The fraction of sp³-hybridized carbons (Fsp3) is 0.444. The van der Waals surface area contributed by atoms with Gasteiger partial charge in [-0.3, -0.25) is 4.68 Å². The van der Waals surface area contributed by atoms with Crippen LogP contribution in [0.5, 0.6) is 0 Å². The third-order valence-electron chi connectivity index (χ3n) is 2.43. The number of hydrogen-bond donors (Lipinski definition) is 1. The zero-order chi connectivity index (χ0) is 11.1. The summed E-state index contributed by atoms with van der Waals surface area (Å²) >= 11 is 0. The zero-order valence-corrected chi connectivity index (χ0v) is 8.47. The molecule has 1 aromatic rings. The standard InChI is InChI=1S/C9H11N3O3/c1-9(8(13)14)5-6(11-15-9)7-3-4-10-12(7)2/h3-4H,5H2,1-2H3,(H,13,14). The van der Waals surface area contributed by atoms with Gasteiger partial charge in [0.05, 0.1) is 5.69 Å². The number of nitrogens with zero attached hydrogens (tertiary/aromatic N) is 3. The monoisotopic (exact) mass is 209 g/mol. The summed E-state index contributed by atoms with van der Waals surface area (Å²) in [6, 6.07) is 1.77. The van der Waals surface area contributed by atoms with E-state index in [1.807, 2.05) is 0 Å². The first-order chi connectivity index (χ1) is 7.03. The minimum absolute atomic E-state index is 0.252. The van der Waals surface area contributed by atoms with Crippen LogP contribution >= 0.6 is 0 Å². The first-order valence-corrected chi connectivity index (χ1v) is 4.50. The highest BCUT2D eigenvalue weighted by atomic mass is 16.7. The molecule has 1 unspecified atom stereocenters. The maximum atomic E-state index is 10.9. The Kier molecular flexibility index (Phi) is 1.99. The number of carboxylic acid groups (broad SMARTS) is 1. The molecule has 1 aliphatic heterocycles. The molecule has 15 heavy (non-hydrogen) atoms. The molecule has 0 spiro atoms. The van der Waals surface area contributed by atoms with Crippen LogP contribution in [-0.2, 0) is 16.7 Å². The van der Waals surface area contributed by atoms with E-state index in [1.165, 1.54) is 6.92 Å². The molecule has 0 amide bonds. The maximum Gasteiger partial charge on any atom is 0.351 e. The molecule has 1 aliphatic rings. The molecule has 1 aromatic heterocycles. The first-order valence-electron chi connectivity index (χ1n) is 4.50. The molecule has 1 N–H and O–H groups in total. The van der Waals surface area contributed by atoms with Crippen LogP contribution in [-0.4, -0.2) is 32.2 Å². The van der Waals surface area contributed by atoms with E-state index in [-0.39, 0.29) is 6.42 Å². The van der Waals surface area contributed by atoms with Gasteiger partial charge in [0.1, 0.15) is 5.71 Å². The average molecular weight is 209 g/mol. The Morgan fingerprint density at radius 2 is 2.47 bits per heavy atom. The summed E-state index contributed by atoms with van der Waals surface area (Å²) in [5.41, 5.74) is 0.138. The summed E-state index contributed by atoms with van der Waals surface area (Å²) in [4.78, 5) is 15.8. The number of oxime groups is 1. The van der Waals surface area contributed by atoms with Crippen molar-refractivity contribution in [1.29, 1.82) is 0 Å². The number of hydrogen-bond acceptors (Lipinski definition) is 4. The molecule has 0 aromatic carbocycles. The summed E-state index contributed by atoms with van der Waals surface area (Å²) in [6.45, 7) is 1.50. The van der Waals surface area contributed by atoms with Crippen LogP contribution in [0.2, 0.25) is 0 Å². The van der Waals surface area contributed by atoms with Crippen LogP contribution in [0.1, 0.15) is 19.0 Å². The van der Waals surface area contributed by atoms with Gasteiger partial charge in [-0.1, -0.05) is 5.16 Å². The topological polar surface area (TPSA) is 76.7 Å². The summed E-state index contributed by atoms with van der Waals surface area (Å²) in [6.07, 6.45) is 1.89. The molecule has 0 radical (unpaired) electrons. The Bertz CT molecular complexity index is 438. The molecule has 80 valence electrons. The van der Waals surface area contributed by atoms with Gasteiger partial charge < -0.3 is 9.94 Å². The van der Waals surface area contributed by atoms with Gasteiger partial charge in [0.15, 0.2) is 0 Å². The van der Waals surface area contributed by atoms with Crippen molar-refractivity contribution in [1.82, 2.24) is 9.78 Å². The predicted octanol–water partition coefficient (Wildman–Crippen LogP) is 0.388. The number of carbonyl (C=O) groups is 1. The third-order valence-corrected chi connectivity index (χ3v) is 2.43. The van der Waals surface area contributed by atoms with Crippen molar-refractivity contribution in [3.8, 4) is 0 Å². The van der Waals surface area contributed by atoms with Gasteiger partial charge in [-0.2, -0.15) is 5.10 Å². The minimum atomic E-state index is -1.25. The lowest BCUT2D eigenvalue weighted by molar-refractivity contribution is -0.160. The van der Waals surface area contributed by atoms with Crippen molar-refractivity contribution in [2.45, 2.75) is 18.9 Å². The third kappa shape index (κ3) is 1.47. The number of aromatic nitrogens is 2. The van der Waals surface area contributed by atoms with Gasteiger partial charge in [-0.25, -0.2) is 4.79 Å². The molecular formula is C9H11N3O3. The molecule has 6 nitrogen and oxygen atoms in total. The highest BCUT2D eigenvalue weighted by Gasteiger charge is 2.42. The van der Waals surface area contributed by atoms with Crippen LogP contribution in [0, 0.1) is 0 Å². The van der Waals surface area contributed by atoms with Crippen molar-refractivity contribution in [3.63, 3.8) is 0 Å². The lowest BCUT2D eigenvalue weighted by Crippen LogP contribution is -2.35. The summed E-state index contributed by atoms with van der Waals surface area (Å²) in [5, 5.41) is 16.7. The lowest BCUT2D eigenvalue weighted by Gasteiger charge is -2.14. The second kappa shape index (κ2) is 3.08.